The van der Waals surface area contributed by atoms with Crippen molar-refractivity contribution in [3.63, 3.8) is 0 Å². The fourth-order valence-electron chi connectivity index (χ4n) is 2.44. The molecule has 0 aliphatic rings. The molecule has 0 saturated heterocycles. The van der Waals surface area contributed by atoms with Gasteiger partial charge in [0.05, 0.1) is 24.5 Å². The first kappa shape index (κ1) is 16.3. The smallest absolute Gasteiger partial charge is 0.229 e. The van der Waals surface area contributed by atoms with Crippen LogP contribution in [0.5, 0.6) is 0 Å². The van der Waals surface area contributed by atoms with Crippen molar-refractivity contribution < 1.29 is 9.32 Å². The average molecular weight is 345 g/mol. The lowest BCUT2D eigenvalue weighted by molar-refractivity contribution is -0.121. The molecule has 0 saturated carbocycles. The lowest BCUT2D eigenvalue weighted by atomic mass is 10.1. The molecular weight excluding hydrogens is 328 g/mol. The summed E-state index contributed by atoms with van der Waals surface area (Å²) in [6.45, 7) is 3.70. The standard InChI is InChI=1S/C17H17ClN4O2/c1-11(20-16(23)9-15-12(2)21-24-17(15)18)13-3-5-14(6-4-13)22-8-7-19-10-22/h3-8,10-11H,9H2,1-2H3,(H,20,23)/t11-/m1/s1. The Bertz CT molecular complexity index is 805. The SMILES string of the molecule is Cc1noc(Cl)c1CC(=O)N[C@H](C)c1ccc(-n2ccnc2)cc1. The van der Waals surface area contributed by atoms with Crippen molar-refractivity contribution in [2.45, 2.75) is 26.3 Å². The molecule has 0 aliphatic heterocycles. The van der Waals surface area contributed by atoms with E-state index >= 15 is 0 Å². The zero-order valence-corrected chi connectivity index (χ0v) is 14.1. The molecule has 0 fully saturated rings. The van der Waals surface area contributed by atoms with E-state index in [1.807, 2.05) is 42.0 Å². The Morgan fingerprint density at radius 2 is 2.12 bits per heavy atom. The van der Waals surface area contributed by atoms with Crippen molar-refractivity contribution in [3.8, 4) is 5.69 Å². The topological polar surface area (TPSA) is 73.0 Å². The number of imidazole rings is 1. The van der Waals surface area contributed by atoms with E-state index in [2.05, 4.69) is 15.5 Å². The second-order valence-electron chi connectivity index (χ2n) is 5.55. The first-order valence-corrected chi connectivity index (χ1v) is 7.90. The van der Waals surface area contributed by atoms with Crippen LogP contribution in [0.4, 0.5) is 0 Å². The van der Waals surface area contributed by atoms with Crippen LogP contribution in [0.15, 0.2) is 47.5 Å². The number of benzene rings is 1. The van der Waals surface area contributed by atoms with Crippen molar-refractivity contribution in [1.29, 1.82) is 0 Å². The van der Waals surface area contributed by atoms with E-state index in [9.17, 15) is 4.79 Å². The molecule has 124 valence electrons. The van der Waals surface area contributed by atoms with Gasteiger partial charge in [0, 0.05) is 23.6 Å². The molecule has 0 aliphatic carbocycles. The maximum atomic E-state index is 12.2. The minimum atomic E-state index is -0.130. The molecule has 2 aromatic heterocycles. The quantitative estimate of drug-likeness (QED) is 0.771. The van der Waals surface area contributed by atoms with Crippen LogP contribution in [-0.4, -0.2) is 20.6 Å². The first-order chi connectivity index (χ1) is 11.5. The Kier molecular flexibility index (Phi) is 4.66. The van der Waals surface area contributed by atoms with Gasteiger partial charge in [-0.15, -0.1) is 0 Å². The average Bonchev–Trinajstić information content (AvgIpc) is 3.21. The summed E-state index contributed by atoms with van der Waals surface area (Å²) in [5, 5.41) is 6.87. The number of hydrogen-bond donors (Lipinski definition) is 1. The van der Waals surface area contributed by atoms with Crippen LogP contribution < -0.4 is 5.32 Å². The molecule has 3 aromatic rings. The third-order valence-corrected chi connectivity index (χ3v) is 4.14. The molecule has 0 bridgehead atoms. The number of halogens is 1. The van der Waals surface area contributed by atoms with Gasteiger partial charge < -0.3 is 14.4 Å². The highest BCUT2D eigenvalue weighted by Crippen LogP contribution is 2.20. The molecule has 1 aromatic carbocycles. The second-order valence-corrected chi connectivity index (χ2v) is 5.89. The third kappa shape index (κ3) is 3.49. The van der Waals surface area contributed by atoms with Crippen molar-refractivity contribution >= 4 is 17.5 Å². The highest BCUT2D eigenvalue weighted by Gasteiger charge is 2.16. The van der Waals surface area contributed by atoms with Gasteiger partial charge in [-0.05, 0) is 43.1 Å². The summed E-state index contributed by atoms with van der Waals surface area (Å²) in [7, 11) is 0. The molecule has 7 heteroatoms. The van der Waals surface area contributed by atoms with Crippen LogP contribution in [0.1, 0.15) is 29.8 Å². The number of carbonyl (C=O) groups is 1. The van der Waals surface area contributed by atoms with Gasteiger partial charge in [0.15, 0.2) is 0 Å². The number of carbonyl (C=O) groups excluding carboxylic acids is 1. The molecule has 0 unspecified atom stereocenters. The van der Waals surface area contributed by atoms with E-state index in [1.54, 1.807) is 19.4 Å². The van der Waals surface area contributed by atoms with E-state index < -0.39 is 0 Å². The number of amides is 1. The number of nitrogens with zero attached hydrogens (tertiary/aromatic N) is 3. The van der Waals surface area contributed by atoms with Crippen molar-refractivity contribution in [2.75, 3.05) is 0 Å². The monoisotopic (exact) mass is 344 g/mol. The molecule has 2 heterocycles. The molecule has 0 spiro atoms. The number of nitrogens with one attached hydrogen (secondary N) is 1. The summed E-state index contributed by atoms with van der Waals surface area (Å²) in [4.78, 5) is 16.2. The Morgan fingerprint density at radius 1 is 1.38 bits per heavy atom. The normalized spacial score (nSPS) is 12.1. The number of aromatic nitrogens is 3. The summed E-state index contributed by atoms with van der Waals surface area (Å²) in [6.07, 6.45) is 5.50. The van der Waals surface area contributed by atoms with Crippen molar-refractivity contribution in [3.05, 3.63) is 65.0 Å². The zero-order chi connectivity index (χ0) is 17.1. The summed E-state index contributed by atoms with van der Waals surface area (Å²) < 4.78 is 6.78. The lowest BCUT2D eigenvalue weighted by Crippen LogP contribution is -2.28. The highest BCUT2D eigenvalue weighted by molar-refractivity contribution is 6.29. The van der Waals surface area contributed by atoms with Gasteiger partial charge in [-0.1, -0.05) is 17.3 Å². The van der Waals surface area contributed by atoms with Gasteiger partial charge in [0.1, 0.15) is 0 Å². The van der Waals surface area contributed by atoms with E-state index in [0.717, 1.165) is 11.3 Å². The fourth-order valence-corrected chi connectivity index (χ4v) is 2.68. The van der Waals surface area contributed by atoms with Crippen LogP contribution in [0.2, 0.25) is 5.22 Å². The van der Waals surface area contributed by atoms with Crippen LogP contribution in [0.25, 0.3) is 5.69 Å². The van der Waals surface area contributed by atoms with Gasteiger partial charge in [-0.25, -0.2) is 4.98 Å². The predicted octanol–water partition coefficient (Wildman–Crippen LogP) is 3.24. The van der Waals surface area contributed by atoms with Crippen molar-refractivity contribution in [2.24, 2.45) is 0 Å². The van der Waals surface area contributed by atoms with Gasteiger partial charge in [-0.3, -0.25) is 4.79 Å². The Hall–Kier alpha value is -2.60. The number of aryl methyl sites for hydroxylation is 1. The third-order valence-electron chi connectivity index (χ3n) is 3.85. The molecule has 1 amide bonds. The largest absolute Gasteiger partial charge is 0.349 e. The van der Waals surface area contributed by atoms with Crippen LogP contribution in [0.3, 0.4) is 0 Å². The summed E-state index contributed by atoms with van der Waals surface area (Å²) in [6, 6.07) is 7.82. The Labute approximate surface area is 144 Å². The van der Waals surface area contributed by atoms with Gasteiger partial charge in [0.2, 0.25) is 11.1 Å². The summed E-state index contributed by atoms with van der Waals surface area (Å²) in [5.41, 5.74) is 3.28. The number of rotatable bonds is 5. The predicted molar refractivity (Wildman–Crippen MR) is 90.1 cm³/mol. The van der Waals surface area contributed by atoms with E-state index in [0.29, 0.717) is 11.3 Å². The van der Waals surface area contributed by atoms with E-state index in [4.69, 9.17) is 16.1 Å². The van der Waals surface area contributed by atoms with Crippen LogP contribution >= 0.6 is 11.6 Å². The minimum absolute atomic E-state index is 0.117. The van der Waals surface area contributed by atoms with E-state index in [-0.39, 0.29) is 23.6 Å². The van der Waals surface area contributed by atoms with Crippen LogP contribution in [-0.2, 0) is 11.2 Å². The maximum Gasteiger partial charge on any atom is 0.229 e. The van der Waals surface area contributed by atoms with Crippen molar-refractivity contribution in [1.82, 2.24) is 20.0 Å². The molecule has 0 radical (unpaired) electrons. The molecule has 3 rings (SSSR count). The maximum absolute atomic E-state index is 12.2. The van der Waals surface area contributed by atoms with Gasteiger partial charge in [-0.2, -0.15) is 0 Å². The second kappa shape index (κ2) is 6.88. The van der Waals surface area contributed by atoms with Gasteiger partial charge >= 0.3 is 0 Å². The minimum Gasteiger partial charge on any atom is -0.349 e. The lowest BCUT2D eigenvalue weighted by Gasteiger charge is -2.15. The Balaban J connectivity index is 1.64. The molecule has 6 nitrogen and oxygen atoms in total. The molecular formula is C17H17ClN4O2. The van der Waals surface area contributed by atoms with E-state index in [1.165, 1.54) is 0 Å². The molecule has 1 atom stereocenters. The Morgan fingerprint density at radius 3 is 2.71 bits per heavy atom. The number of hydrogen-bond acceptors (Lipinski definition) is 4. The van der Waals surface area contributed by atoms with Crippen LogP contribution in [0, 0.1) is 6.92 Å². The fraction of sp³-hybridized carbons (Fsp3) is 0.235. The highest BCUT2D eigenvalue weighted by atomic mass is 35.5. The molecule has 1 N–H and O–H groups in total. The first-order valence-electron chi connectivity index (χ1n) is 7.53. The van der Waals surface area contributed by atoms with Gasteiger partial charge in [0.25, 0.3) is 0 Å². The molecule has 24 heavy (non-hydrogen) atoms. The summed E-state index contributed by atoms with van der Waals surface area (Å²) >= 11 is 5.89. The summed E-state index contributed by atoms with van der Waals surface area (Å²) in [5.74, 6) is -0.130. The zero-order valence-electron chi connectivity index (χ0n) is 13.4.